The van der Waals surface area contributed by atoms with Crippen molar-refractivity contribution < 1.29 is 9.59 Å². The van der Waals surface area contributed by atoms with Crippen LogP contribution < -0.4 is 9.80 Å². The molecule has 0 saturated carbocycles. The molecule has 3 aromatic rings. The first-order chi connectivity index (χ1) is 17.3. The Bertz CT molecular complexity index is 1350. The van der Waals surface area contributed by atoms with Gasteiger partial charge in [-0.2, -0.15) is 0 Å². The van der Waals surface area contributed by atoms with Crippen LogP contribution in [0.5, 0.6) is 0 Å². The molecule has 2 heterocycles. The van der Waals surface area contributed by atoms with Crippen molar-refractivity contribution in [1.82, 2.24) is 4.90 Å². The highest BCUT2D eigenvalue weighted by Gasteiger charge is 2.30. The van der Waals surface area contributed by atoms with E-state index in [1.807, 2.05) is 60.4 Å². The van der Waals surface area contributed by atoms with Gasteiger partial charge in [-0.15, -0.1) is 0 Å². The standard InChI is InChI=1S/C30H31N3O2S/c1-20-9-12-25(13-10-20)33-16-15-32(19-22(33)3)29(34)24-11-14-27-26(17-24)31(4)30(35)28(36-27)18-23-8-6-5-7-21(23)2/h5-14,17-18,22H,15-16,19H2,1-4H3/b28-18-/t22-/m1/s1. The highest BCUT2D eigenvalue weighted by Crippen LogP contribution is 2.42. The van der Waals surface area contributed by atoms with Crippen molar-refractivity contribution in [3.8, 4) is 0 Å². The Hall–Kier alpha value is -3.51. The van der Waals surface area contributed by atoms with Crippen LogP contribution in [0.15, 0.2) is 76.5 Å². The number of anilines is 2. The van der Waals surface area contributed by atoms with Crippen molar-refractivity contribution in [2.45, 2.75) is 31.7 Å². The second kappa shape index (κ2) is 9.86. The van der Waals surface area contributed by atoms with Crippen molar-refractivity contribution in [1.29, 1.82) is 0 Å². The number of rotatable bonds is 3. The van der Waals surface area contributed by atoms with Crippen LogP contribution >= 0.6 is 11.8 Å². The van der Waals surface area contributed by atoms with Gasteiger partial charge >= 0.3 is 0 Å². The van der Waals surface area contributed by atoms with Gasteiger partial charge in [-0.05, 0) is 68.3 Å². The normalized spacial score (nSPS) is 19.0. The van der Waals surface area contributed by atoms with Crippen molar-refractivity contribution in [2.75, 3.05) is 36.5 Å². The smallest absolute Gasteiger partial charge is 0.264 e. The molecule has 5 rings (SSSR count). The first-order valence-corrected chi connectivity index (χ1v) is 13.1. The van der Waals surface area contributed by atoms with Gasteiger partial charge in [-0.3, -0.25) is 9.59 Å². The lowest BCUT2D eigenvalue weighted by molar-refractivity contribution is -0.114. The van der Waals surface area contributed by atoms with Gasteiger partial charge in [-0.25, -0.2) is 0 Å². The van der Waals surface area contributed by atoms with E-state index in [-0.39, 0.29) is 17.9 Å². The molecule has 5 nitrogen and oxygen atoms in total. The minimum Gasteiger partial charge on any atom is -0.365 e. The minimum absolute atomic E-state index is 0.0142. The van der Waals surface area contributed by atoms with E-state index in [0.29, 0.717) is 23.6 Å². The third-order valence-electron chi connectivity index (χ3n) is 7.06. The molecule has 2 amide bonds. The SMILES string of the molecule is Cc1ccc(N2CCN(C(=O)c3ccc4c(c3)N(C)C(=O)/C(=C/c3ccccc3C)S4)C[C@H]2C)cc1. The molecule has 0 spiro atoms. The van der Waals surface area contributed by atoms with Gasteiger partial charge in [0.15, 0.2) is 0 Å². The molecule has 36 heavy (non-hydrogen) atoms. The molecule has 0 N–H and O–H groups in total. The number of likely N-dealkylation sites (N-methyl/N-ethyl adjacent to an activating group) is 1. The summed E-state index contributed by atoms with van der Waals surface area (Å²) in [4.78, 5) is 34.2. The average Bonchev–Trinajstić information content (AvgIpc) is 2.88. The van der Waals surface area contributed by atoms with Crippen LogP contribution in [0.2, 0.25) is 0 Å². The predicted octanol–water partition coefficient (Wildman–Crippen LogP) is 5.76. The fourth-order valence-electron chi connectivity index (χ4n) is 4.86. The third-order valence-corrected chi connectivity index (χ3v) is 8.14. The zero-order valence-electron chi connectivity index (χ0n) is 21.2. The molecule has 184 valence electrons. The zero-order valence-corrected chi connectivity index (χ0v) is 22.0. The summed E-state index contributed by atoms with van der Waals surface area (Å²) < 4.78 is 0. The number of aryl methyl sites for hydroxylation is 2. The highest BCUT2D eigenvalue weighted by molar-refractivity contribution is 8.04. The average molecular weight is 498 g/mol. The van der Waals surface area contributed by atoms with Crippen LogP contribution in [0, 0.1) is 13.8 Å². The Morgan fingerprint density at radius 3 is 2.47 bits per heavy atom. The molecular formula is C30H31N3O2S. The number of carbonyl (C=O) groups excluding carboxylic acids is 2. The Morgan fingerprint density at radius 1 is 1.00 bits per heavy atom. The van der Waals surface area contributed by atoms with Crippen LogP contribution in [-0.2, 0) is 4.79 Å². The van der Waals surface area contributed by atoms with Crippen LogP contribution in [0.4, 0.5) is 11.4 Å². The minimum atomic E-state index is -0.0549. The van der Waals surface area contributed by atoms with Gasteiger partial charge in [0.2, 0.25) is 0 Å². The summed E-state index contributed by atoms with van der Waals surface area (Å²) in [6, 6.07) is 22.5. The van der Waals surface area contributed by atoms with Gasteiger partial charge < -0.3 is 14.7 Å². The number of piperazine rings is 1. The number of hydrogen-bond donors (Lipinski definition) is 0. The molecule has 0 aliphatic carbocycles. The summed E-state index contributed by atoms with van der Waals surface area (Å²) in [7, 11) is 1.78. The topological polar surface area (TPSA) is 43.9 Å². The predicted molar refractivity (Wildman–Crippen MR) is 149 cm³/mol. The number of carbonyl (C=O) groups is 2. The number of benzene rings is 3. The van der Waals surface area contributed by atoms with E-state index < -0.39 is 0 Å². The maximum Gasteiger partial charge on any atom is 0.264 e. The lowest BCUT2D eigenvalue weighted by Gasteiger charge is -2.41. The summed E-state index contributed by atoms with van der Waals surface area (Å²) in [5.41, 5.74) is 6.01. The molecule has 2 aliphatic rings. The van der Waals surface area contributed by atoms with E-state index in [2.05, 4.69) is 43.0 Å². The molecule has 6 heteroatoms. The molecule has 1 fully saturated rings. The van der Waals surface area contributed by atoms with Crippen molar-refractivity contribution >= 4 is 41.0 Å². The second-order valence-corrected chi connectivity index (χ2v) is 10.7. The van der Waals surface area contributed by atoms with Gasteiger partial charge in [0.1, 0.15) is 0 Å². The second-order valence-electron chi connectivity index (χ2n) is 9.64. The van der Waals surface area contributed by atoms with Crippen LogP contribution in [0.1, 0.15) is 34.0 Å². The van der Waals surface area contributed by atoms with E-state index in [9.17, 15) is 9.59 Å². The lowest BCUT2D eigenvalue weighted by atomic mass is 10.1. The van der Waals surface area contributed by atoms with Gasteiger partial charge in [-0.1, -0.05) is 53.7 Å². The molecule has 0 bridgehead atoms. The van der Waals surface area contributed by atoms with Crippen LogP contribution in [0.3, 0.4) is 0 Å². The Balaban J connectivity index is 1.33. The molecule has 3 aromatic carbocycles. The highest BCUT2D eigenvalue weighted by atomic mass is 32.2. The molecule has 1 atom stereocenters. The number of fused-ring (bicyclic) bond motifs is 1. The van der Waals surface area contributed by atoms with E-state index in [0.717, 1.165) is 28.3 Å². The zero-order chi connectivity index (χ0) is 25.4. The Morgan fingerprint density at radius 2 is 1.75 bits per heavy atom. The maximum atomic E-state index is 13.4. The van der Waals surface area contributed by atoms with E-state index in [1.165, 1.54) is 23.0 Å². The first-order valence-electron chi connectivity index (χ1n) is 12.3. The van der Waals surface area contributed by atoms with Gasteiger partial charge in [0.25, 0.3) is 11.8 Å². The van der Waals surface area contributed by atoms with Crippen molar-refractivity contribution in [3.05, 3.63) is 93.9 Å². The quantitative estimate of drug-likeness (QED) is 0.431. The maximum absolute atomic E-state index is 13.4. The van der Waals surface area contributed by atoms with Crippen LogP contribution in [0.25, 0.3) is 6.08 Å². The molecule has 2 aliphatic heterocycles. The van der Waals surface area contributed by atoms with E-state index in [4.69, 9.17) is 0 Å². The first kappa shape index (κ1) is 24.2. The van der Waals surface area contributed by atoms with Crippen molar-refractivity contribution in [2.24, 2.45) is 0 Å². The Labute approximate surface area is 217 Å². The number of amides is 2. The molecule has 1 saturated heterocycles. The summed E-state index contributed by atoms with van der Waals surface area (Å²) in [6.45, 7) is 8.42. The molecule has 0 radical (unpaired) electrons. The van der Waals surface area contributed by atoms with E-state index in [1.54, 1.807) is 11.9 Å². The summed E-state index contributed by atoms with van der Waals surface area (Å²) in [6.07, 6.45) is 1.95. The number of thioether (sulfide) groups is 1. The monoisotopic (exact) mass is 497 g/mol. The van der Waals surface area contributed by atoms with Crippen molar-refractivity contribution in [3.63, 3.8) is 0 Å². The van der Waals surface area contributed by atoms with E-state index >= 15 is 0 Å². The molecule has 0 unspecified atom stereocenters. The van der Waals surface area contributed by atoms with Gasteiger partial charge in [0, 0.05) is 48.9 Å². The largest absolute Gasteiger partial charge is 0.365 e. The molecular weight excluding hydrogens is 466 g/mol. The number of hydrogen-bond acceptors (Lipinski definition) is 4. The molecule has 0 aromatic heterocycles. The lowest BCUT2D eigenvalue weighted by Crippen LogP contribution is -2.53. The summed E-state index contributed by atoms with van der Waals surface area (Å²) in [5.74, 6) is -0.0407. The van der Waals surface area contributed by atoms with Crippen LogP contribution in [-0.4, -0.2) is 49.4 Å². The fourth-order valence-corrected chi connectivity index (χ4v) is 5.94. The third kappa shape index (κ3) is 4.65. The summed E-state index contributed by atoms with van der Waals surface area (Å²) >= 11 is 1.47. The number of nitrogens with zero attached hydrogens (tertiary/aromatic N) is 3. The fraction of sp³-hybridized carbons (Fsp3) is 0.267. The Kier molecular flexibility index (Phi) is 6.63. The summed E-state index contributed by atoms with van der Waals surface area (Å²) in [5, 5.41) is 0. The van der Waals surface area contributed by atoms with Gasteiger partial charge in [0.05, 0.1) is 10.6 Å².